The van der Waals surface area contributed by atoms with E-state index in [9.17, 15) is 4.79 Å². The summed E-state index contributed by atoms with van der Waals surface area (Å²) >= 11 is 0. The lowest BCUT2D eigenvalue weighted by atomic mass is 9.96. The van der Waals surface area contributed by atoms with Crippen molar-refractivity contribution in [3.63, 3.8) is 0 Å². The van der Waals surface area contributed by atoms with Crippen LogP contribution in [0, 0.1) is 5.92 Å². The van der Waals surface area contributed by atoms with Crippen LogP contribution in [0.25, 0.3) is 0 Å². The molecule has 1 atom stereocenters. The molecule has 2 nitrogen and oxygen atoms in total. The van der Waals surface area contributed by atoms with Crippen LogP contribution in [0.15, 0.2) is 36.3 Å². The summed E-state index contributed by atoms with van der Waals surface area (Å²) in [6, 6.07) is 0. The van der Waals surface area contributed by atoms with E-state index in [4.69, 9.17) is 4.74 Å². The van der Waals surface area contributed by atoms with E-state index in [1.165, 1.54) is 0 Å². The molecular formula is C9H8O2. The molecule has 0 spiro atoms. The van der Waals surface area contributed by atoms with Crippen LogP contribution < -0.4 is 0 Å². The van der Waals surface area contributed by atoms with Crippen LogP contribution in [0.4, 0.5) is 0 Å². The first kappa shape index (κ1) is 6.40. The Labute approximate surface area is 64.9 Å². The van der Waals surface area contributed by atoms with Gasteiger partial charge in [0.2, 0.25) is 0 Å². The Bertz CT molecular complexity index is 271. The zero-order valence-corrected chi connectivity index (χ0v) is 5.99. The van der Waals surface area contributed by atoms with E-state index < -0.39 is 0 Å². The van der Waals surface area contributed by atoms with Crippen LogP contribution in [0.5, 0.6) is 0 Å². The average Bonchev–Trinajstić information content (AvgIpc) is 2.04. The molecule has 0 fully saturated rings. The van der Waals surface area contributed by atoms with Crippen molar-refractivity contribution < 1.29 is 9.53 Å². The highest BCUT2D eigenvalue weighted by atomic mass is 16.5. The molecule has 0 amide bonds. The quantitative estimate of drug-likeness (QED) is 0.521. The van der Waals surface area contributed by atoms with E-state index in [1.807, 2.05) is 12.2 Å². The smallest absolute Gasteiger partial charge is 0.181 e. The second kappa shape index (κ2) is 2.38. The number of carbonyl (C=O) groups is 1. The third kappa shape index (κ3) is 1.11. The van der Waals surface area contributed by atoms with Gasteiger partial charge in [-0.3, -0.25) is 4.79 Å². The highest BCUT2D eigenvalue weighted by Gasteiger charge is 2.18. The van der Waals surface area contributed by atoms with Crippen LogP contribution in [-0.2, 0) is 9.53 Å². The van der Waals surface area contributed by atoms with Crippen molar-refractivity contribution in [3.8, 4) is 0 Å². The molecule has 0 bridgehead atoms. The summed E-state index contributed by atoms with van der Waals surface area (Å²) in [7, 11) is 0. The van der Waals surface area contributed by atoms with Gasteiger partial charge in [-0.05, 0) is 18.6 Å². The summed E-state index contributed by atoms with van der Waals surface area (Å²) in [5.74, 6) is 1.09. The molecule has 1 aliphatic carbocycles. The van der Waals surface area contributed by atoms with Gasteiger partial charge in [-0.15, -0.1) is 0 Å². The van der Waals surface area contributed by atoms with Gasteiger partial charge in [0, 0.05) is 12.0 Å². The Balaban J connectivity index is 2.30. The predicted octanol–water partition coefficient (Wildman–Crippen LogP) is 1.56. The lowest BCUT2D eigenvalue weighted by molar-refractivity contribution is -0.110. The molecule has 2 aliphatic rings. The molecule has 2 heteroatoms. The second-order valence-electron chi connectivity index (χ2n) is 2.64. The van der Waals surface area contributed by atoms with Crippen LogP contribution in [0.2, 0.25) is 0 Å². The number of allylic oxidation sites excluding steroid dienone is 4. The molecule has 0 radical (unpaired) electrons. The Morgan fingerprint density at radius 2 is 2.45 bits per heavy atom. The summed E-state index contributed by atoms with van der Waals surface area (Å²) in [5.41, 5.74) is 0. The fraction of sp³-hybridized carbons (Fsp3) is 0.222. The first-order valence-electron chi connectivity index (χ1n) is 3.62. The molecule has 1 heterocycles. The van der Waals surface area contributed by atoms with Crippen LogP contribution in [0.3, 0.4) is 0 Å². The van der Waals surface area contributed by atoms with Gasteiger partial charge >= 0.3 is 0 Å². The van der Waals surface area contributed by atoms with Gasteiger partial charge < -0.3 is 4.74 Å². The van der Waals surface area contributed by atoms with Crippen molar-refractivity contribution in [2.75, 3.05) is 0 Å². The van der Waals surface area contributed by atoms with Crippen molar-refractivity contribution in [3.05, 3.63) is 36.3 Å². The molecule has 2 rings (SSSR count). The minimum Gasteiger partial charge on any atom is -0.469 e. The first-order chi connectivity index (χ1) is 5.36. The Hall–Kier alpha value is -1.31. The Morgan fingerprint density at radius 3 is 3.36 bits per heavy atom. The van der Waals surface area contributed by atoms with Gasteiger partial charge in [-0.1, -0.05) is 6.08 Å². The van der Waals surface area contributed by atoms with Crippen LogP contribution in [0.1, 0.15) is 6.42 Å². The molecule has 0 aromatic carbocycles. The van der Waals surface area contributed by atoms with Gasteiger partial charge in [0.1, 0.15) is 5.76 Å². The van der Waals surface area contributed by atoms with Crippen LogP contribution >= 0.6 is 0 Å². The van der Waals surface area contributed by atoms with E-state index in [-0.39, 0.29) is 11.7 Å². The second-order valence-corrected chi connectivity index (χ2v) is 2.64. The third-order valence-corrected chi connectivity index (χ3v) is 1.83. The molecule has 11 heavy (non-hydrogen) atoms. The van der Waals surface area contributed by atoms with Gasteiger partial charge in [-0.25, -0.2) is 0 Å². The van der Waals surface area contributed by atoms with E-state index >= 15 is 0 Å². The maximum atomic E-state index is 10.9. The number of fused-ring (bicyclic) bond motifs is 1. The number of hydrogen-bond acceptors (Lipinski definition) is 2. The molecular weight excluding hydrogens is 140 g/mol. The minimum atomic E-state index is 0.0200. The molecule has 1 unspecified atom stereocenters. The van der Waals surface area contributed by atoms with Crippen molar-refractivity contribution in [2.24, 2.45) is 5.92 Å². The number of ketones is 1. The fourth-order valence-electron chi connectivity index (χ4n) is 1.25. The maximum Gasteiger partial charge on any atom is 0.181 e. The zero-order valence-electron chi connectivity index (χ0n) is 5.99. The van der Waals surface area contributed by atoms with E-state index in [0.29, 0.717) is 0 Å². The summed E-state index contributed by atoms with van der Waals surface area (Å²) in [6.45, 7) is 0. The number of rotatable bonds is 0. The topological polar surface area (TPSA) is 26.3 Å². The van der Waals surface area contributed by atoms with E-state index in [0.717, 1.165) is 12.2 Å². The monoisotopic (exact) mass is 148 g/mol. The first-order valence-corrected chi connectivity index (χ1v) is 3.62. The third-order valence-electron chi connectivity index (χ3n) is 1.83. The molecule has 0 aromatic heterocycles. The predicted molar refractivity (Wildman–Crippen MR) is 40.6 cm³/mol. The molecule has 0 saturated heterocycles. The summed E-state index contributed by atoms with van der Waals surface area (Å²) in [6.07, 6.45) is 9.57. The molecule has 0 saturated carbocycles. The molecule has 1 aliphatic heterocycles. The van der Waals surface area contributed by atoms with Gasteiger partial charge in [-0.2, -0.15) is 0 Å². The molecule has 0 aromatic rings. The summed E-state index contributed by atoms with van der Waals surface area (Å²) in [4.78, 5) is 10.9. The molecule has 0 N–H and O–H groups in total. The normalized spacial score (nSPS) is 27.5. The zero-order chi connectivity index (χ0) is 7.68. The largest absolute Gasteiger partial charge is 0.469 e. The van der Waals surface area contributed by atoms with Crippen molar-refractivity contribution in [2.45, 2.75) is 6.42 Å². The summed E-state index contributed by atoms with van der Waals surface area (Å²) < 4.78 is 5.16. The lowest BCUT2D eigenvalue weighted by Gasteiger charge is -2.20. The maximum absolute atomic E-state index is 10.9. The van der Waals surface area contributed by atoms with Gasteiger partial charge in [0.15, 0.2) is 5.78 Å². The summed E-state index contributed by atoms with van der Waals surface area (Å²) in [5, 5.41) is 0. The Kier molecular flexibility index (Phi) is 1.39. The number of carbonyl (C=O) groups excluding carboxylic acids is 1. The highest BCUT2D eigenvalue weighted by molar-refractivity contribution is 6.00. The van der Waals surface area contributed by atoms with Crippen molar-refractivity contribution in [1.29, 1.82) is 0 Å². The average molecular weight is 148 g/mol. The van der Waals surface area contributed by atoms with Gasteiger partial charge in [0.25, 0.3) is 0 Å². The Morgan fingerprint density at radius 1 is 1.55 bits per heavy atom. The standard InChI is InChI=1S/C9H8O2/c10-8-4-3-7-2-1-5-11-9(7)6-8/h1,3-7H,2H2. The highest BCUT2D eigenvalue weighted by Crippen LogP contribution is 2.25. The van der Waals surface area contributed by atoms with E-state index in [2.05, 4.69) is 0 Å². The number of ether oxygens (including phenoxy) is 1. The van der Waals surface area contributed by atoms with Crippen LogP contribution in [-0.4, -0.2) is 5.78 Å². The van der Waals surface area contributed by atoms with Crippen molar-refractivity contribution >= 4 is 5.78 Å². The van der Waals surface area contributed by atoms with E-state index in [1.54, 1.807) is 18.4 Å². The SMILES string of the molecule is O=C1C=CC2CC=COC2=C1. The molecule has 56 valence electrons. The fourth-order valence-corrected chi connectivity index (χ4v) is 1.25. The van der Waals surface area contributed by atoms with Crippen molar-refractivity contribution in [1.82, 2.24) is 0 Å². The lowest BCUT2D eigenvalue weighted by Crippen LogP contribution is -2.11. The minimum absolute atomic E-state index is 0.0200. The van der Waals surface area contributed by atoms with Gasteiger partial charge in [0.05, 0.1) is 6.26 Å². The number of hydrogen-bond donors (Lipinski definition) is 0.